The molecule has 3 N–H and O–H groups in total. The van der Waals surface area contributed by atoms with Crippen molar-refractivity contribution in [1.29, 1.82) is 0 Å². The molecule has 0 saturated carbocycles. The van der Waals surface area contributed by atoms with E-state index in [1.807, 2.05) is 0 Å². The standard InChI is InChI=1S/C4H4O6/c5-2(6)1(3(7)8)4(9)10/h1H,(H,5,6)(H,7,8)(H,9,10). The summed E-state index contributed by atoms with van der Waals surface area (Å²) < 4.78 is 0. The van der Waals surface area contributed by atoms with Crippen LogP contribution in [0.15, 0.2) is 0 Å². The van der Waals surface area contributed by atoms with Crippen molar-refractivity contribution in [3.8, 4) is 0 Å². The third kappa shape index (κ3) is 1.73. The van der Waals surface area contributed by atoms with Crippen LogP contribution < -0.4 is 0 Å². The van der Waals surface area contributed by atoms with Gasteiger partial charge in [0, 0.05) is 0 Å². The van der Waals surface area contributed by atoms with E-state index < -0.39 is 23.8 Å². The molecule has 6 nitrogen and oxygen atoms in total. The summed E-state index contributed by atoms with van der Waals surface area (Å²) in [7, 11) is 0. The minimum absolute atomic E-state index is 1.87. The molecule has 0 fully saturated rings. The Kier molecular flexibility index (Phi) is 2.36. The molecule has 56 valence electrons. The van der Waals surface area contributed by atoms with E-state index in [4.69, 9.17) is 15.3 Å². The van der Waals surface area contributed by atoms with Crippen molar-refractivity contribution in [2.45, 2.75) is 0 Å². The number of aliphatic carboxylic acids is 3. The summed E-state index contributed by atoms with van der Waals surface area (Å²) in [6, 6.07) is 0. The van der Waals surface area contributed by atoms with Gasteiger partial charge in [-0.3, -0.25) is 14.4 Å². The average Bonchev–Trinajstić information content (AvgIpc) is 1.59. The molecule has 0 bridgehead atoms. The van der Waals surface area contributed by atoms with Gasteiger partial charge in [-0.1, -0.05) is 0 Å². The molecule has 0 heterocycles. The fourth-order valence-electron chi connectivity index (χ4n) is 0.317. The third-order valence-electron chi connectivity index (χ3n) is 0.741. The van der Waals surface area contributed by atoms with Gasteiger partial charge in [-0.25, -0.2) is 0 Å². The van der Waals surface area contributed by atoms with Crippen molar-refractivity contribution in [3.63, 3.8) is 0 Å². The number of hydrogen-bond acceptors (Lipinski definition) is 3. The summed E-state index contributed by atoms with van der Waals surface area (Å²) in [4.78, 5) is 29.5. The van der Waals surface area contributed by atoms with Crippen molar-refractivity contribution in [2.24, 2.45) is 5.92 Å². The highest BCUT2D eigenvalue weighted by Gasteiger charge is 2.33. The van der Waals surface area contributed by atoms with Gasteiger partial charge in [0.25, 0.3) is 0 Å². The number of hydrogen-bond donors (Lipinski definition) is 3. The van der Waals surface area contributed by atoms with Gasteiger partial charge in [0.15, 0.2) is 0 Å². The molecule has 0 aliphatic carbocycles. The summed E-state index contributed by atoms with van der Waals surface area (Å²) in [6.45, 7) is 0. The molecular weight excluding hydrogens is 144 g/mol. The number of carboxylic acid groups (broad SMARTS) is 3. The van der Waals surface area contributed by atoms with Gasteiger partial charge in [0.05, 0.1) is 0 Å². The number of rotatable bonds is 3. The van der Waals surface area contributed by atoms with E-state index in [0.29, 0.717) is 0 Å². The Morgan fingerprint density at radius 3 is 1.00 bits per heavy atom. The van der Waals surface area contributed by atoms with Crippen molar-refractivity contribution in [3.05, 3.63) is 0 Å². The first-order valence-corrected chi connectivity index (χ1v) is 2.15. The normalized spacial score (nSPS) is 9.30. The molecule has 0 aromatic carbocycles. The second-order valence-electron chi connectivity index (χ2n) is 1.45. The Balaban J connectivity index is 4.43. The highest BCUT2D eigenvalue weighted by molar-refractivity contribution is 6.10. The third-order valence-corrected chi connectivity index (χ3v) is 0.741. The quantitative estimate of drug-likeness (QED) is 0.436. The van der Waals surface area contributed by atoms with E-state index in [9.17, 15) is 14.4 Å². The predicted octanol–water partition coefficient (Wildman–Crippen LogP) is -1.14. The van der Waals surface area contributed by atoms with Crippen LogP contribution in [-0.4, -0.2) is 33.2 Å². The van der Waals surface area contributed by atoms with Crippen LogP contribution in [0.1, 0.15) is 0 Å². The Labute approximate surface area is 54.7 Å². The van der Waals surface area contributed by atoms with Gasteiger partial charge in [-0.15, -0.1) is 0 Å². The van der Waals surface area contributed by atoms with E-state index in [-0.39, 0.29) is 0 Å². The molecule has 0 aliphatic rings. The minimum atomic E-state index is -2.36. The van der Waals surface area contributed by atoms with Gasteiger partial charge in [-0.2, -0.15) is 0 Å². The molecule has 0 rings (SSSR count). The van der Waals surface area contributed by atoms with Crippen LogP contribution in [0.4, 0.5) is 0 Å². The summed E-state index contributed by atoms with van der Waals surface area (Å²) in [6.07, 6.45) is 0. The second-order valence-corrected chi connectivity index (χ2v) is 1.45. The molecular formula is C4H4O6. The first-order chi connectivity index (χ1) is 4.46. The zero-order chi connectivity index (χ0) is 8.31. The first-order valence-electron chi connectivity index (χ1n) is 2.15. The lowest BCUT2D eigenvalue weighted by molar-refractivity contribution is -0.163. The maximum atomic E-state index is 9.82. The summed E-state index contributed by atoms with van der Waals surface area (Å²) in [5.74, 6) is -7.99. The Bertz CT molecular complexity index is 149. The Morgan fingerprint density at radius 2 is 1.00 bits per heavy atom. The molecule has 0 spiro atoms. The highest BCUT2D eigenvalue weighted by Crippen LogP contribution is 1.95. The zero-order valence-corrected chi connectivity index (χ0v) is 4.64. The van der Waals surface area contributed by atoms with Crippen molar-refractivity contribution < 1.29 is 29.7 Å². The Hall–Kier alpha value is -1.59. The molecule has 0 aromatic rings. The molecule has 0 radical (unpaired) electrons. The fourth-order valence-corrected chi connectivity index (χ4v) is 0.317. The van der Waals surface area contributed by atoms with Crippen LogP contribution in [0.3, 0.4) is 0 Å². The van der Waals surface area contributed by atoms with Crippen LogP contribution in [0.5, 0.6) is 0 Å². The molecule has 0 atom stereocenters. The SMILES string of the molecule is O=C(O)C(C(=O)O)C(=O)O. The summed E-state index contributed by atoms with van der Waals surface area (Å²) >= 11 is 0. The zero-order valence-electron chi connectivity index (χ0n) is 4.64. The molecule has 10 heavy (non-hydrogen) atoms. The molecule has 6 heteroatoms. The molecule has 0 saturated heterocycles. The minimum Gasteiger partial charge on any atom is -0.480 e. The molecule has 0 amide bonds. The van der Waals surface area contributed by atoms with Crippen molar-refractivity contribution >= 4 is 17.9 Å². The number of carbonyl (C=O) groups is 3. The smallest absolute Gasteiger partial charge is 0.329 e. The lowest BCUT2D eigenvalue weighted by atomic mass is 10.1. The largest absolute Gasteiger partial charge is 0.480 e. The highest BCUT2D eigenvalue weighted by atomic mass is 16.4. The van der Waals surface area contributed by atoms with E-state index in [1.54, 1.807) is 0 Å². The van der Waals surface area contributed by atoms with E-state index in [2.05, 4.69) is 0 Å². The molecule has 0 unspecified atom stereocenters. The second kappa shape index (κ2) is 2.81. The van der Waals surface area contributed by atoms with Gasteiger partial charge < -0.3 is 15.3 Å². The van der Waals surface area contributed by atoms with Crippen molar-refractivity contribution in [2.75, 3.05) is 0 Å². The summed E-state index contributed by atoms with van der Waals surface area (Å²) in [5.41, 5.74) is 0. The first kappa shape index (κ1) is 8.41. The maximum absolute atomic E-state index is 9.82. The van der Waals surface area contributed by atoms with Crippen LogP contribution in [0, 0.1) is 5.92 Å². The summed E-state index contributed by atoms with van der Waals surface area (Å²) in [5, 5.41) is 23.9. The van der Waals surface area contributed by atoms with E-state index in [1.165, 1.54) is 0 Å². The van der Waals surface area contributed by atoms with Gasteiger partial charge in [-0.05, 0) is 0 Å². The van der Waals surface area contributed by atoms with Gasteiger partial charge in [0.1, 0.15) is 0 Å². The van der Waals surface area contributed by atoms with Gasteiger partial charge >= 0.3 is 17.9 Å². The van der Waals surface area contributed by atoms with Gasteiger partial charge in [0.2, 0.25) is 5.92 Å². The average molecular weight is 148 g/mol. The Morgan fingerprint density at radius 1 is 0.800 bits per heavy atom. The van der Waals surface area contributed by atoms with Crippen LogP contribution >= 0.6 is 0 Å². The maximum Gasteiger partial charge on any atom is 0.329 e. The van der Waals surface area contributed by atoms with Crippen LogP contribution in [-0.2, 0) is 14.4 Å². The lowest BCUT2D eigenvalue weighted by Crippen LogP contribution is -2.31. The lowest BCUT2D eigenvalue weighted by Gasteiger charge is -1.97. The monoisotopic (exact) mass is 148 g/mol. The van der Waals surface area contributed by atoms with E-state index >= 15 is 0 Å². The van der Waals surface area contributed by atoms with E-state index in [0.717, 1.165) is 0 Å². The number of carboxylic acids is 3. The predicted molar refractivity (Wildman–Crippen MR) is 26.4 cm³/mol. The topological polar surface area (TPSA) is 112 Å². The van der Waals surface area contributed by atoms with Crippen molar-refractivity contribution in [1.82, 2.24) is 0 Å². The molecule has 0 aromatic heterocycles. The molecule has 0 aliphatic heterocycles. The van der Waals surface area contributed by atoms with Crippen LogP contribution in [0.2, 0.25) is 0 Å². The van der Waals surface area contributed by atoms with Crippen LogP contribution in [0.25, 0.3) is 0 Å². The fraction of sp³-hybridized carbons (Fsp3) is 0.250.